The molecule has 5 aromatic rings. The minimum Gasteiger partial charge on any atom is -0.497 e. The van der Waals surface area contributed by atoms with Crippen LogP contribution in [0.3, 0.4) is 0 Å². The van der Waals surface area contributed by atoms with Gasteiger partial charge in [-0.25, -0.2) is 0 Å². The van der Waals surface area contributed by atoms with Crippen LogP contribution < -0.4 is 19.5 Å². The number of amides is 1. The second kappa shape index (κ2) is 11.5. The topological polar surface area (TPSA) is 91.7 Å². The van der Waals surface area contributed by atoms with E-state index in [4.69, 9.17) is 19.3 Å². The number of hydrogen-bond acceptors (Lipinski definition) is 7. The van der Waals surface area contributed by atoms with Gasteiger partial charge in [0.2, 0.25) is 5.88 Å². The van der Waals surface area contributed by atoms with Crippen LogP contribution in [0.4, 0.5) is 5.69 Å². The van der Waals surface area contributed by atoms with Gasteiger partial charge < -0.3 is 19.5 Å². The Kier molecular flexibility index (Phi) is 7.65. The third-order valence-corrected chi connectivity index (χ3v) is 7.03. The van der Waals surface area contributed by atoms with Crippen molar-refractivity contribution >= 4 is 28.9 Å². The van der Waals surface area contributed by atoms with E-state index in [1.807, 2.05) is 66.9 Å². The van der Waals surface area contributed by atoms with E-state index in [9.17, 15) is 9.59 Å². The molecular weight excluding hydrogens is 526 g/mol. The lowest BCUT2D eigenvalue weighted by Gasteiger charge is -2.11. The Morgan fingerprint density at radius 3 is 2.12 bits per heavy atom. The van der Waals surface area contributed by atoms with Crippen molar-refractivity contribution < 1.29 is 23.8 Å². The fourth-order valence-corrected chi connectivity index (χ4v) is 4.84. The number of ether oxygens (including phenoxy) is 3. The molecule has 5 rings (SSSR count). The van der Waals surface area contributed by atoms with Crippen LogP contribution in [0.1, 0.15) is 22.2 Å². The fourth-order valence-electron chi connectivity index (χ4n) is 4.22. The van der Waals surface area contributed by atoms with Gasteiger partial charge in [0.15, 0.2) is 0 Å². The second-order valence-corrected chi connectivity index (χ2v) is 9.93. The third-order valence-electron chi connectivity index (χ3n) is 6.16. The number of esters is 1. The molecule has 0 unspecified atom stereocenters. The highest BCUT2D eigenvalue weighted by molar-refractivity contribution is 7.12. The van der Waals surface area contributed by atoms with E-state index >= 15 is 0 Å². The number of aryl methyl sites for hydroxylation is 1. The summed E-state index contributed by atoms with van der Waals surface area (Å²) < 4.78 is 18.4. The van der Waals surface area contributed by atoms with E-state index in [1.165, 1.54) is 18.3 Å². The molecule has 1 N–H and O–H groups in total. The summed E-state index contributed by atoms with van der Waals surface area (Å²) in [6.45, 7) is 3.35. The maximum atomic E-state index is 12.6. The monoisotopic (exact) mass is 553 g/mol. The molecule has 0 radical (unpaired) electrons. The molecule has 0 aliphatic carbocycles. The molecule has 0 aliphatic heterocycles. The van der Waals surface area contributed by atoms with Gasteiger partial charge in [0, 0.05) is 24.2 Å². The fraction of sp³-hybridized carbons (Fsp3) is 0.129. The number of methoxy groups -OCH3 is 2. The quantitative estimate of drug-likeness (QED) is 0.213. The number of anilines is 1. The molecule has 9 heteroatoms. The number of hydrogen-bond donors (Lipinski definition) is 1. The average molecular weight is 554 g/mol. The molecule has 1 amide bonds. The van der Waals surface area contributed by atoms with E-state index < -0.39 is 5.97 Å². The number of aromatic nitrogens is 2. The first-order valence-electron chi connectivity index (χ1n) is 12.4. The molecule has 0 spiro atoms. The van der Waals surface area contributed by atoms with Gasteiger partial charge in [-0.05, 0) is 60.3 Å². The van der Waals surface area contributed by atoms with Crippen LogP contribution in [0.25, 0.3) is 28.1 Å². The highest BCUT2D eigenvalue weighted by atomic mass is 32.1. The van der Waals surface area contributed by atoms with Gasteiger partial charge in [0.25, 0.3) is 5.91 Å². The minimum atomic E-state index is -0.482. The Balaban J connectivity index is 1.68. The van der Waals surface area contributed by atoms with Gasteiger partial charge in [-0.1, -0.05) is 35.9 Å². The van der Waals surface area contributed by atoms with Crippen molar-refractivity contribution in [1.29, 1.82) is 0 Å². The zero-order valence-electron chi connectivity index (χ0n) is 22.4. The lowest BCUT2D eigenvalue weighted by molar-refractivity contribution is -0.132. The van der Waals surface area contributed by atoms with Gasteiger partial charge >= 0.3 is 5.97 Å². The highest BCUT2D eigenvalue weighted by Crippen LogP contribution is 2.43. The molecule has 2 heterocycles. The predicted octanol–water partition coefficient (Wildman–Crippen LogP) is 6.77. The number of nitrogens with one attached hydrogen (secondary N) is 1. The first kappa shape index (κ1) is 26.7. The van der Waals surface area contributed by atoms with Crippen molar-refractivity contribution in [3.63, 3.8) is 0 Å². The van der Waals surface area contributed by atoms with E-state index in [0.717, 1.165) is 16.8 Å². The van der Waals surface area contributed by atoms with Crippen LogP contribution in [0, 0.1) is 6.92 Å². The molecule has 0 fully saturated rings. The van der Waals surface area contributed by atoms with Gasteiger partial charge in [0.1, 0.15) is 17.2 Å². The Hall–Kier alpha value is -4.89. The number of nitrogens with zero attached hydrogens (tertiary/aromatic N) is 2. The van der Waals surface area contributed by atoms with Crippen molar-refractivity contribution in [3.05, 3.63) is 94.7 Å². The summed E-state index contributed by atoms with van der Waals surface area (Å²) in [6.07, 6.45) is 0. The number of thiophene rings is 1. The van der Waals surface area contributed by atoms with Crippen molar-refractivity contribution in [3.8, 4) is 45.5 Å². The molecule has 0 aliphatic rings. The summed E-state index contributed by atoms with van der Waals surface area (Å²) in [6, 6.07) is 24.2. The summed E-state index contributed by atoms with van der Waals surface area (Å²) in [7, 11) is 3.16. The first-order valence-corrected chi connectivity index (χ1v) is 13.3. The Morgan fingerprint density at radius 1 is 0.875 bits per heavy atom. The third kappa shape index (κ3) is 5.60. The lowest BCUT2D eigenvalue weighted by atomic mass is 10.0. The van der Waals surface area contributed by atoms with E-state index in [2.05, 4.69) is 5.32 Å². The molecule has 0 saturated carbocycles. The smallest absolute Gasteiger partial charge is 0.309 e. The highest BCUT2D eigenvalue weighted by Gasteiger charge is 2.25. The molecule has 202 valence electrons. The van der Waals surface area contributed by atoms with Crippen LogP contribution >= 0.6 is 11.3 Å². The normalized spacial score (nSPS) is 10.7. The van der Waals surface area contributed by atoms with Crippen molar-refractivity contribution in [2.24, 2.45) is 0 Å². The molecule has 0 saturated heterocycles. The average Bonchev–Trinajstić information content (AvgIpc) is 3.63. The first-order chi connectivity index (χ1) is 19.4. The number of benzene rings is 3. The molecule has 3 aromatic carbocycles. The summed E-state index contributed by atoms with van der Waals surface area (Å²) in [5.74, 6) is 0.782. The van der Waals surface area contributed by atoms with Gasteiger partial charge in [0.05, 0.1) is 30.3 Å². The molecule has 8 nitrogen and oxygen atoms in total. The summed E-state index contributed by atoms with van der Waals surface area (Å²) in [5.41, 5.74) is 5.05. The van der Waals surface area contributed by atoms with E-state index in [-0.39, 0.29) is 11.8 Å². The van der Waals surface area contributed by atoms with E-state index in [0.29, 0.717) is 38.9 Å². The van der Waals surface area contributed by atoms with Crippen LogP contribution in [-0.2, 0) is 4.79 Å². The number of carbonyl (C=O) groups excluding carboxylic acids is 2. The zero-order chi connectivity index (χ0) is 28.2. The zero-order valence-corrected chi connectivity index (χ0v) is 23.2. The summed E-state index contributed by atoms with van der Waals surface area (Å²) >= 11 is 1.37. The summed E-state index contributed by atoms with van der Waals surface area (Å²) in [4.78, 5) is 25.5. The Bertz CT molecular complexity index is 1630. The van der Waals surface area contributed by atoms with Crippen molar-refractivity contribution in [1.82, 2.24) is 9.78 Å². The number of carbonyl (C=O) groups is 2. The van der Waals surface area contributed by atoms with Gasteiger partial charge in [-0.2, -0.15) is 9.78 Å². The Labute approximate surface area is 235 Å². The molecular formula is C31H27N3O5S. The standard InChI is InChI=1S/C31H27N3O5S/c1-19-7-13-24(14-8-19)34-31(39-20(2)35)28(29(33-34)22-16-25(37-3)18-26(17-22)38-4)21-9-11-23(12-10-21)32-30(36)27-6-5-15-40-27/h5-18H,1-4H3,(H,32,36). The molecule has 2 aromatic heterocycles. The van der Waals surface area contributed by atoms with Gasteiger partial charge in [-0.3, -0.25) is 9.59 Å². The maximum Gasteiger partial charge on any atom is 0.309 e. The SMILES string of the molecule is COc1cc(OC)cc(-c2nn(-c3ccc(C)cc3)c(OC(C)=O)c2-c2ccc(NC(=O)c3cccs3)cc2)c1. The summed E-state index contributed by atoms with van der Waals surface area (Å²) in [5, 5.41) is 9.70. The van der Waals surface area contributed by atoms with E-state index in [1.54, 1.807) is 43.2 Å². The van der Waals surface area contributed by atoms with Crippen molar-refractivity contribution in [2.45, 2.75) is 13.8 Å². The minimum absolute atomic E-state index is 0.181. The maximum absolute atomic E-state index is 12.6. The predicted molar refractivity (Wildman–Crippen MR) is 156 cm³/mol. The molecule has 0 atom stereocenters. The molecule has 0 bridgehead atoms. The van der Waals surface area contributed by atoms with Crippen LogP contribution in [0.5, 0.6) is 17.4 Å². The van der Waals surface area contributed by atoms with Crippen molar-refractivity contribution in [2.75, 3.05) is 19.5 Å². The lowest BCUT2D eigenvalue weighted by Crippen LogP contribution is -2.10. The van der Waals surface area contributed by atoms with Crippen LogP contribution in [-0.4, -0.2) is 35.9 Å². The number of rotatable bonds is 8. The van der Waals surface area contributed by atoms with Crippen LogP contribution in [0.2, 0.25) is 0 Å². The Morgan fingerprint density at radius 2 is 1.55 bits per heavy atom. The van der Waals surface area contributed by atoms with Gasteiger partial charge in [-0.15, -0.1) is 11.3 Å². The second-order valence-electron chi connectivity index (χ2n) is 8.98. The largest absolute Gasteiger partial charge is 0.497 e. The van der Waals surface area contributed by atoms with Crippen LogP contribution in [0.15, 0.2) is 84.2 Å². The molecule has 40 heavy (non-hydrogen) atoms.